The van der Waals surface area contributed by atoms with Crippen LogP contribution in [-0.4, -0.2) is 0 Å². The van der Waals surface area contributed by atoms with Crippen molar-refractivity contribution in [3.63, 3.8) is 0 Å². The van der Waals surface area contributed by atoms with Gasteiger partial charge >= 0.3 is 0 Å². The predicted molar refractivity (Wildman–Crippen MR) is 196 cm³/mol. The minimum absolute atomic E-state index is 1.27. The van der Waals surface area contributed by atoms with Crippen molar-refractivity contribution >= 4 is 95.3 Å². The van der Waals surface area contributed by atoms with Gasteiger partial charge in [0.1, 0.15) is 0 Å². The van der Waals surface area contributed by atoms with Crippen molar-refractivity contribution in [1.82, 2.24) is 0 Å². The van der Waals surface area contributed by atoms with Gasteiger partial charge in [0.2, 0.25) is 0 Å². The van der Waals surface area contributed by atoms with Gasteiger partial charge in [0.05, 0.1) is 0 Å². The highest BCUT2D eigenvalue weighted by Gasteiger charge is 2.18. The Bertz CT molecular complexity index is 2720. The molecule has 44 heavy (non-hydrogen) atoms. The number of rotatable bonds is 2. The molecule has 0 aliphatic rings. The van der Waals surface area contributed by atoms with E-state index < -0.39 is 0 Å². The van der Waals surface area contributed by atoms with Crippen LogP contribution in [-0.2, 0) is 0 Å². The molecule has 0 N–H and O–H groups in total. The fourth-order valence-corrected chi connectivity index (χ4v) is 9.45. The van der Waals surface area contributed by atoms with Crippen LogP contribution in [0.3, 0.4) is 0 Å². The molecule has 10 rings (SSSR count). The summed E-state index contributed by atoms with van der Waals surface area (Å²) in [5.41, 5.74) is 5.16. The summed E-state index contributed by atoms with van der Waals surface area (Å²) in [5.74, 6) is 0. The molecule has 0 nitrogen and oxygen atoms in total. The zero-order valence-corrected chi connectivity index (χ0v) is 25.3. The molecule has 0 bridgehead atoms. The van der Waals surface area contributed by atoms with Crippen LogP contribution in [0.5, 0.6) is 0 Å². The van der Waals surface area contributed by atoms with Crippen molar-refractivity contribution < 1.29 is 0 Å². The second-order valence-corrected chi connectivity index (χ2v) is 13.8. The van der Waals surface area contributed by atoms with Gasteiger partial charge in [0, 0.05) is 40.3 Å². The second-order valence-electron chi connectivity index (χ2n) is 11.7. The highest BCUT2D eigenvalue weighted by atomic mass is 32.1. The summed E-state index contributed by atoms with van der Waals surface area (Å²) in [7, 11) is 0. The lowest BCUT2D eigenvalue weighted by molar-refractivity contribution is 1.70. The van der Waals surface area contributed by atoms with Crippen LogP contribution in [0.15, 0.2) is 146 Å². The summed E-state index contributed by atoms with van der Waals surface area (Å²) in [6, 6.07) is 54.3. The average Bonchev–Trinajstić information content (AvgIpc) is 3.63. The van der Waals surface area contributed by atoms with Crippen molar-refractivity contribution in [1.29, 1.82) is 0 Å². The largest absolute Gasteiger partial charge is 0.135 e. The van der Waals surface area contributed by atoms with E-state index in [-0.39, 0.29) is 0 Å². The molecule has 204 valence electrons. The van der Waals surface area contributed by atoms with Gasteiger partial charge in [-0.3, -0.25) is 0 Å². The molecule has 10 aromatic rings. The van der Waals surface area contributed by atoms with Crippen molar-refractivity contribution in [3.8, 4) is 22.3 Å². The fourth-order valence-electron chi connectivity index (χ4n) is 7.25. The molecule has 8 aromatic carbocycles. The van der Waals surface area contributed by atoms with Gasteiger partial charge in [-0.05, 0) is 97.0 Å². The number of fused-ring (bicyclic) bond motifs is 9. The number of benzene rings is 8. The van der Waals surface area contributed by atoms with E-state index in [0.717, 1.165) is 0 Å². The molecule has 0 radical (unpaired) electrons. The summed E-state index contributed by atoms with van der Waals surface area (Å²) in [6.45, 7) is 0. The third-order valence-electron chi connectivity index (χ3n) is 9.22. The van der Waals surface area contributed by atoms with Crippen LogP contribution in [0.1, 0.15) is 0 Å². The molecule has 0 aliphatic carbocycles. The molecule has 0 unspecified atom stereocenters. The van der Waals surface area contributed by atoms with E-state index in [4.69, 9.17) is 0 Å². The SMILES string of the molecule is c1ccc2cc3c(cc2c1)sc1ccc(-c2c4ccccc4c(-c4ccc5sc6ccccc6c5c4)c4ccccc24)cc13. The standard InChI is InChI=1S/C42H24S2/c1-2-10-26-24-40-36(21-25(26)9-1)35-23-28(18-20-39(35)44-40)42-32-14-5-3-12-30(32)41(31-13-4-6-15-33(31)42)27-17-19-38-34(22-27)29-11-7-8-16-37(29)43-38/h1-24H. The molecule has 0 fully saturated rings. The Labute approximate surface area is 262 Å². The molecule has 0 saturated carbocycles. The van der Waals surface area contributed by atoms with E-state index in [0.29, 0.717) is 0 Å². The van der Waals surface area contributed by atoms with Gasteiger partial charge in [-0.25, -0.2) is 0 Å². The highest BCUT2D eigenvalue weighted by Crippen LogP contribution is 2.46. The number of hydrogen-bond donors (Lipinski definition) is 0. The number of thiophene rings is 2. The first-order chi connectivity index (χ1) is 21.8. The Balaban J connectivity index is 1.27. The lowest BCUT2D eigenvalue weighted by atomic mass is 9.85. The Morgan fingerprint density at radius 1 is 0.273 bits per heavy atom. The van der Waals surface area contributed by atoms with Crippen molar-refractivity contribution in [2.45, 2.75) is 0 Å². The quantitative estimate of drug-likeness (QED) is 0.175. The average molecular weight is 593 g/mol. The Morgan fingerprint density at radius 3 is 1.27 bits per heavy atom. The molecule has 2 heterocycles. The minimum Gasteiger partial charge on any atom is -0.135 e. The lowest BCUT2D eigenvalue weighted by Gasteiger charge is -2.18. The van der Waals surface area contributed by atoms with Crippen LogP contribution in [0.2, 0.25) is 0 Å². The summed E-state index contributed by atoms with van der Waals surface area (Å²) < 4.78 is 5.36. The maximum absolute atomic E-state index is 2.43. The first kappa shape index (κ1) is 24.4. The highest BCUT2D eigenvalue weighted by molar-refractivity contribution is 7.26. The van der Waals surface area contributed by atoms with E-state index >= 15 is 0 Å². The molecule has 0 amide bonds. The topological polar surface area (TPSA) is 0 Å². The first-order valence-electron chi connectivity index (χ1n) is 15.0. The van der Waals surface area contributed by atoms with E-state index in [1.807, 2.05) is 22.7 Å². The van der Waals surface area contributed by atoms with Crippen molar-refractivity contribution in [3.05, 3.63) is 146 Å². The van der Waals surface area contributed by atoms with E-state index in [1.165, 1.54) is 94.9 Å². The van der Waals surface area contributed by atoms with Crippen molar-refractivity contribution in [2.75, 3.05) is 0 Å². The second kappa shape index (κ2) is 9.24. The lowest BCUT2D eigenvalue weighted by Crippen LogP contribution is -1.90. The maximum Gasteiger partial charge on any atom is 0.0361 e. The van der Waals surface area contributed by atoms with Gasteiger partial charge in [-0.1, -0.05) is 103 Å². The third-order valence-corrected chi connectivity index (χ3v) is 11.5. The van der Waals surface area contributed by atoms with Crippen molar-refractivity contribution in [2.24, 2.45) is 0 Å². The number of hydrogen-bond acceptors (Lipinski definition) is 2. The van der Waals surface area contributed by atoms with Gasteiger partial charge in [0.25, 0.3) is 0 Å². The van der Waals surface area contributed by atoms with E-state index in [1.54, 1.807) is 0 Å². The zero-order chi connectivity index (χ0) is 28.8. The Hall–Kier alpha value is -5.02. The summed E-state index contributed by atoms with van der Waals surface area (Å²) in [4.78, 5) is 0. The van der Waals surface area contributed by atoms with Crippen LogP contribution in [0, 0.1) is 0 Å². The van der Waals surface area contributed by atoms with Crippen LogP contribution >= 0.6 is 22.7 Å². The van der Waals surface area contributed by atoms with Gasteiger partial charge in [-0.2, -0.15) is 0 Å². The third kappa shape index (κ3) is 3.50. The molecule has 2 aromatic heterocycles. The molecule has 0 atom stereocenters. The molecule has 0 aliphatic heterocycles. The molecular weight excluding hydrogens is 569 g/mol. The fraction of sp³-hybridized carbons (Fsp3) is 0. The molecule has 0 spiro atoms. The normalized spacial score (nSPS) is 12.1. The smallest absolute Gasteiger partial charge is 0.0361 e. The monoisotopic (exact) mass is 592 g/mol. The maximum atomic E-state index is 2.43. The summed E-state index contributed by atoms with van der Waals surface area (Å²) in [6.07, 6.45) is 0. The van der Waals surface area contributed by atoms with Gasteiger partial charge in [-0.15, -0.1) is 22.7 Å². The van der Waals surface area contributed by atoms with Gasteiger partial charge in [0.15, 0.2) is 0 Å². The van der Waals surface area contributed by atoms with Crippen LogP contribution < -0.4 is 0 Å². The van der Waals surface area contributed by atoms with E-state index in [9.17, 15) is 0 Å². The Kier molecular flexibility index (Phi) is 5.13. The summed E-state index contributed by atoms with van der Waals surface area (Å²) in [5, 5.41) is 13.1. The minimum atomic E-state index is 1.27. The molecule has 2 heteroatoms. The predicted octanol–water partition coefficient (Wildman–Crippen LogP) is 13.2. The first-order valence-corrected chi connectivity index (χ1v) is 16.6. The van der Waals surface area contributed by atoms with Gasteiger partial charge < -0.3 is 0 Å². The zero-order valence-electron chi connectivity index (χ0n) is 23.7. The van der Waals surface area contributed by atoms with E-state index in [2.05, 4.69) is 146 Å². The van der Waals surface area contributed by atoms with Crippen LogP contribution in [0.25, 0.3) is 94.9 Å². The Morgan fingerprint density at radius 2 is 0.682 bits per heavy atom. The summed E-state index contributed by atoms with van der Waals surface area (Å²) >= 11 is 3.77. The molecule has 0 saturated heterocycles. The van der Waals surface area contributed by atoms with Crippen LogP contribution in [0.4, 0.5) is 0 Å². The molecular formula is C42H24S2.